The Balaban J connectivity index is 1.67. The SMILES string of the molecule is CC(NC(=O)c1cccc(C(=O)N2CCN(C=O)CC2)n1)c1ccccc1. The summed E-state index contributed by atoms with van der Waals surface area (Å²) in [6.45, 7) is 3.82. The number of benzene rings is 1. The fourth-order valence-electron chi connectivity index (χ4n) is 2.97. The number of aromatic nitrogens is 1. The molecular formula is C20H22N4O3. The Morgan fingerprint density at radius 3 is 2.33 bits per heavy atom. The summed E-state index contributed by atoms with van der Waals surface area (Å²) in [4.78, 5) is 43.5. The predicted molar refractivity (Wildman–Crippen MR) is 100 cm³/mol. The van der Waals surface area contributed by atoms with Crippen LogP contribution in [0.5, 0.6) is 0 Å². The largest absolute Gasteiger partial charge is 0.344 e. The summed E-state index contributed by atoms with van der Waals surface area (Å²) in [5, 5.41) is 2.90. The number of pyridine rings is 1. The van der Waals surface area contributed by atoms with Crippen LogP contribution in [-0.4, -0.2) is 59.2 Å². The zero-order valence-electron chi connectivity index (χ0n) is 15.2. The van der Waals surface area contributed by atoms with Crippen molar-refractivity contribution in [3.8, 4) is 0 Å². The van der Waals surface area contributed by atoms with Crippen molar-refractivity contribution in [2.24, 2.45) is 0 Å². The minimum atomic E-state index is -0.327. The first-order valence-electron chi connectivity index (χ1n) is 8.90. The molecule has 1 N–H and O–H groups in total. The number of hydrogen-bond acceptors (Lipinski definition) is 4. The highest BCUT2D eigenvalue weighted by atomic mass is 16.2. The molecule has 0 radical (unpaired) electrons. The van der Waals surface area contributed by atoms with Gasteiger partial charge in [0.2, 0.25) is 6.41 Å². The van der Waals surface area contributed by atoms with E-state index < -0.39 is 0 Å². The van der Waals surface area contributed by atoms with Gasteiger partial charge in [0.15, 0.2) is 0 Å². The van der Waals surface area contributed by atoms with Gasteiger partial charge in [-0.05, 0) is 24.6 Å². The monoisotopic (exact) mass is 366 g/mol. The number of hydrogen-bond donors (Lipinski definition) is 1. The van der Waals surface area contributed by atoms with Crippen molar-refractivity contribution in [2.45, 2.75) is 13.0 Å². The first-order chi connectivity index (χ1) is 13.1. The van der Waals surface area contributed by atoms with Gasteiger partial charge in [-0.25, -0.2) is 4.98 Å². The maximum absolute atomic E-state index is 12.6. The highest BCUT2D eigenvalue weighted by molar-refractivity contribution is 5.96. The summed E-state index contributed by atoms with van der Waals surface area (Å²) < 4.78 is 0. The molecule has 2 aromatic rings. The molecule has 0 bridgehead atoms. The standard InChI is InChI=1S/C20H22N4O3/c1-15(16-6-3-2-4-7-16)21-19(26)17-8-5-9-18(22-17)20(27)24-12-10-23(14-25)11-13-24/h2-9,14-15H,10-13H2,1H3,(H,21,26). The fraction of sp³-hybridized carbons (Fsp3) is 0.300. The second-order valence-electron chi connectivity index (χ2n) is 6.45. The van der Waals surface area contributed by atoms with Gasteiger partial charge in [0.1, 0.15) is 11.4 Å². The van der Waals surface area contributed by atoms with E-state index in [-0.39, 0.29) is 29.2 Å². The third-order valence-corrected chi connectivity index (χ3v) is 4.60. The fourth-order valence-corrected chi connectivity index (χ4v) is 2.97. The van der Waals surface area contributed by atoms with E-state index in [4.69, 9.17) is 0 Å². The molecule has 1 fully saturated rings. The van der Waals surface area contributed by atoms with Crippen LogP contribution in [0.2, 0.25) is 0 Å². The van der Waals surface area contributed by atoms with E-state index in [0.29, 0.717) is 26.2 Å². The van der Waals surface area contributed by atoms with E-state index >= 15 is 0 Å². The van der Waals surface area contributed by atoms with E-state index in [9.17, 15) is 14.4 Å². The first kappa shape index (κ1) is 18.6. The lowest BCUT2D eigenvalue weighted by molar-refractivity contribution is -0.119. The molecule has 0 spiro atoms. The molecule has 1 atom stereocenters. The number of nitrogens with zero attached hydrogens (tertiary/aromatic N) is 3. The summed E-state index contributed by atoms with van der Waals surface area (Å²) in [6, 6.07) is 14.3. The van der Waals surface area contributed by atoms with Gasteiger partial charge >= 0.3 is 0 Å². The normalized spacial score (nSPS) is 15.1. The van der Waals surface area contributed by atoms with Crippen LogP contribution in [0.4, 0.5) is 0 Å². The van der Waals surface area contributed by atoms with Gasteiger partial charge in [-0.2, -0.15) is 0 Å². The predicted octanol–water partition coefficient (Wildman–Crippen LogP) is 1.49. The third-order valence-electron chi connectivity index (χ3n) is 4.60. The molecule has 1 aliphatic heterocycles. The first-order valence-corrected chi connectivity index (χ1v) is 8.90. The highest BCUT2D eigenvalue weighted by Crippen LogP contribution is 2.13. The van der Waals surface area contributed by atoms with Gasteiger partial charge in [-0.3, -0.25) is 14.4 Å². The van der Waals surface area contributed by atoms with Gasteiger partial charge in [-0.1, -0.05) is 36.4 Å². The van der Waals surface area contributed by atoms with Crippen LogP contribution in [0.1, 0.15) is 39.5 Å². The molecule has 1 saturated heterocycles. The van der Waals surface area contributed by atoms with Gasteiger partial charge in [0.25, 0.3) is 11.8 Å². The van der Waals surface area contributed by atoms with Gasteiger partial charge in [0.05, 0.1) is 6.04 Å². The lowest BCUT2D eigenvalue weighted by Crippen LogP contribution is -2.48. The molecule has 27 heavy (non-hydrogen) atoms. The van der Waals surface area contributed by atoms with Crippen LogP contribution >= 0.6 is 0 Å². The van der Waals surface area contributed by atoms with Crippen LogP contribution in [0, 0.1) is 0 Å². The Bertz CT molecular complexity index is 817. The van der Waals surface area contributed by atoms with Crippen molar-refractivity contribution < 1.29 is 14.4 Å². The van der Waals surface area contributed by atoms with E-state index in [2.05, 4.69) is 10.3 Å². The smallest absolute Gasteiger partial charge is 0.272 e. The zero-order chi connectivity index (χ0) is 19.2. The molecule has 0 saturated carbocycles. The third kappa shape index (κ3) is 4.49. The second-order valence-corrected chi connectivity index (χ2v) is 6.45. The topological polar surface area (TPSA) is 82.6 Å². The number of amides is 3. The molecule has 1 aliphatic rings. The molecule has 0 aliphatic carbocycles. The van der Waals surface area contributed by atoms with Crippen LogP contribution < -0.4 is 5.32 Å². The molecule has 1 aromatic heterocycles. The molecule has 140 valence electrons. The van der Waals surface area contributed by atoms with Crippen molar-refractivity contribution in [3.63, 3.8) is 0 Å². The Kier molecular flexibility index (Phi) is 5.80. The van der Waals surface area contributed by atoms with Crippen LogP contribution in [-0.2, 0) is 4.79 Å². The Morgan fingerprint density at radius 1 is 1.00 bits per heavy atom. The summed E-state index contributed by atoms with van der Waals surface area (Å²) >= 11 is 0. The molecule has 2 heterocycles. The summed E-state index contributed by atoms with van der Waals surface area (Å²) in [6.07, 6.45) is 0.791. The van der Waals surface area contributed by atoms with Gasteiger partial charge in [-0.15, -0.1) is 0 Å². The molecule has 7 heteroatoms. The molecule has 7 nitrogen and oxygen atoms in total. The average molecular weight is 366 g/mol. The van der Waals surface area contributed by atoms with E-state index in [1.165, 1.54) is 0 Å². The minimum Gasteiger partial charge on any atom is -0.344 e. The summed E-state index contributed by atoms with van der Waals surface area (Å²) in [5.74, 6) is -0.557. The minimum absolute atomic E-state index is 0.170. The molecule has 1 unspecified atom stereocenters. The quantitative estimate of drug-likeness (QED) is 0.813. The maximum Gasteiger partial charge on any atom is 0.272 e. The molecule has 1 aromatic carbocycles. The molecule has 3 rings (SSSR count). The van der Waals surface area contributed by atoms with Crippen LogP contribution in [0.25, 0.3) is 0 Å². The van der Waals surface area contributed by atoms with E-state index in [0.717, 1.165) is 12.0 Å². The van der Waals surface area contributed by atoms with Crippen molar-refractivity contribution in [3.05, 3.63) is 65.5 Å². The van der Waals surface area contributed by atoms with Crippen molar-refractivity contribution >= 4 is 18.2 Å². The molecule has 3 amide bonds. The lowest BCUT2D eigenvalue weighted by atomic mass is 10.1. The van der Waals surface area contributed by atoms with Crippen molar-refractivity contribution in [2.75, 3.05) is 26.2 Å². The van der Waals surface area contributed by atoms with Crippen LogP contribution in [0.3, 0.4) is 0 Å². The van der Waals surface area contributed by atoms with Crippen molar-refractivity contribution in [1.82, 2.24) is 20.1 Å². The summed E-state index contributed by atoms with van der Waals surface area (Å²) in [7, 11) is 0. The zero-order valence-corrected chi connectivity index (χ0v) is 15.2. The van der Waals surface area contributed by atoms with Crippen LogP contribution in [0.15, 0.2) is 48.5 Å². The maximum atomic E-state index is 12.6. The second kappa shape index (κ2) is 8.44. The van der Waals surface area contributed by atoms with E-state index in [1.54, 1.807) is 28.0 Å². The number of carbonyl (C=O) groups excluding carboxylic acids is 3. The summed E-state index contributed by atoms with van der Waals surface area (Å²) in [5.41, 5.74) is 1.43. The van der Waals surface area contributed by atoms with E-state index in [1.807, 2.05) is 37.3 Å². The number of nitrogens with one attached hydrogen (secondary N) is 1. The van der Waals surface area contributed by atoms with Crippen molar-refractivity contribution in [1.29, 1.82) is 0 Å². The Labute approximate surface area is 158 Å². The highest BCUT2D eigenvalue weighted by Gasteiger charge is 2.23. The molecular weight excluding hydrogens is 344 g/mol. The van der Waals surface area contributed by atoms with Gasteiger partial charge in [0, 0.05) is 26.2 Å². The Hall–Kier alpha value is -3.22. The lowest BCUT2D eigenvalue weighted by Gasteiger charge is -2.32. The number of carbonyl (C=O) groups is 3. The Morgan fingerprint density at radius 2 is 1.67 bits per heavy atom. The van der Waals surface area contributed by atoms with Gasteiger partial charge < -0.3 is 15.1 Å². The number of rotatable bonds is 5. The average Bonchev–Trinajstić information content (AvgIpc) is 2.74. The number of piperazine rings is 1.